The van der Waals surface area contributed by atoms with Crippen LogP contribution in [0, 0.1) is 0 Å². The Hall–Kier alpha value is -7.76. The minimum atomic E-state index is -0.146. The first-order chi connectivity index (χ1) is 29.5. The summed E-state index contributed by atoms with van der Waals surface area (Å²) in [6, 6.07) is 70.0. The van der Waals surface area contributed by atoms with Crippen LogP contribution in [0.15, 0.2) is 200 Å². The first-order valence-corrected chi connectivity index (χ1v) is 20.4. The molecule has 0 saturated carbocycles. The topological polar surface area (TPSA) is 54.8 Å². The number of rotatable bonds is 7. The van der Waals surface area contributed by atoms with Gasteiger partial charge in [0.15, 0.2) is 0 Å². The summed E-state index contributed by atoms with van der Waals surface area (Å²) in [6.45, 7) is 4.67. The number of fused-ring (bicyclic) bond motifs is 5. The highest BCUT2D eigenvalue weighted by Crippen LogP contribution is 2.51. The van der Waals surface area contributed by atoms with Crippen LogP contribution in [0.25, 0.3) is 78.2 Å². The summed E-state index contributed by atoms with van der Waals surface area (Å²) >= 11 is 0. The van der Waals surface area contributed by atoms with Gasteiger partial charge in [-0.3, -0.25) is 0 Å². The van der Waals surface area contributed by atoms with Gasteiger partial charge in [-0.25, -0.2) is 19.9 Å². The molecule has 0 spiro atoms. The van der Waals surface area contributed by atoms with Gasteiger partial charge in [-0.05, 0) is 82.9 Å². The van der Waals surface area contributed by atoms with E-state index in [2.05, 4.69) is 134 Å². The quantitative estimate of drug-likeness (QED) is 0.162. The van der Waals surface area contributed by atoms with Crippen molar-refractivity contribution in [2.45, 2.75) is 19.3 Å². The zero-order valence-corrected chi connectivity index (χ0v) is 33.3. The molecule has 1 aliphatic rings. The van der Waals surface area contributed by atoms with Gasteiger partial charge in [0.1, 0.15) is 0 Å². The lowest BCUT2D eigenvalue weighted by Gasteiger charge is -2.28. The summed E-state index contributed by atoms with van der Waals surface area (Å²) in [6.07, 6.45) is 0. The molecule has 0 N–H and O–H groups in total. The van der Waals surface area contributed by atoms with Crippen molar-refractivity contribution in [3.63, 3.8) is 0 Å². The molecular weight excluding hydrogens is 731 g/mol. The third-order valence-electron chi connectivity index (χ3n) is 11.9. The van der Waals surface area contributed by atoms with Gasteiger partial charge in [0.05, 0.1) is 44.8 Å². The summed E-state index contributed by atoms with van der Waals surface area (Å²) in [7, 11) is 0. The fourth-order valence-corrected chi connectivity index (χ4v) is 8.81. The molecule has 60 heavy (non-hydrogen) atoms. The maximum Gasteiger partial charge on any atom is 0.0973 e. The molecular formula is C55H39N5. The molecule has 0 radical (unpaired) electrons. The van der Waals surface area contributed by atoms with Crippen molar-refractivity contribution in [1.82, 2.24) is 19.9 Å². The monoisotopic (exact) mass is 769 g/mol. The molecule has 2 aromatic heterocycles. The molecule has 0 aliphatic heterocycles. The van der Waals surface area contributed by atoms with E-state index in [9.17, 15) is 0 Å². The van der Waals surface area contributed by atoms with Crippen LogP contribution >= 0.6 is 0 Å². The van der Waals surface area contributed by atoms with Crippen LogP contribution in [0.1, 0.15) is 25.0 Å². The van der Waals surface area contributed by atoms with E-state index in [1.165, 1.54) is 22.3 Å². The molecule has 5 nitrogen and oxygen atoms in total. The summed E-state index contributed by atoms with van der Waals surface area (Å²) in [5.41, 5.74) is 19.2. The van der Waals surface area contributed by atoms with E-state index in [-0.39, 0.29) is 5.41 Å². The van der Waals surface area contributed by atoms with Crippen LogP contribution < -0.4 is 4.90 Å². The molecule has 8 aromatic carbocycles. The number of nitrogens with zero attached hydrogens (tertiary/aromatic N) is 5. The molecule has 11 rings (SSSR count). The van der Waals surface area contributed by atoms with Crippen LogP contribution in [0.2, 0.25) is 0 Å². The molecule has 0 unspecified atom stereocenters. The maximum absolute atomic E-state index is 5.19. The van der Waals surface area contributed by atoms with Crippen LogP contribution in [-0.4, -0.2) is 19.9 Å². The number of hydrogen-bond donors (Lipinski definition) is 0. The molecule has 10 aromatic rings. The summed E-state index contributed by atoms with van der Waals surface area (Å²) in [5, 5.41) is 0. The Morgan fingerprint density at radius 3 is 1.12 bits per heavy atom. The van der Waals surface area contributed by atoms with E-state index >= 15 is 0 Å². The average Bonchev–Trinajstić information content (AvgIpc) is 3.54. The zero-order valence-electron chi connectivity index (χ0n) is 33.3. The highest BCUT2D eigenvalue weighted by atomic mass is 15.1. The zero-order chi connectivity index (χ0) is 40.2. The Kier molecular flexibility index (Phi) is 8.41. The van der Waals surface area contributed by atoms with Crippen molar-refractivity contribution in [3.8, 4) is 56.2 Å². The lowest BCUT2D eigenvalue weighted by Crippen LogP contribution is -2.16. The van der Waals surface area contributed by atoms with Gasteiger partial charge in [0, 0.05) is 44.7 Å². The number of hydrogen-bond acceptors (Lipinski definition) is 5. The summed E-state index contributed by atoms with van der Waals surface area (Å²) in [5.74, 6) is 0. The lowest BCUT2D eigenvalue weighted by molar-refractivity contribution is 0.660. The largest absolute Gasteiger partial charge is 0.310 e. The molecule has 1 aliphatic carbocycles. The van der Waals surface area contributed by atoms with E-state index in [1.54, 1.807) is 0 Å². The van der Waals surface area contributed by atoms with Crippen LogP contribution in [0.4, 0.5) is 17.1 Å². The molecule has 0 saturated heterocycles. The normalized spacial score (nSPS) is 12.6. The van der Waals surface area contributed by atoms with E-state index in [4.69, 9.17) is 19.9 Å². The molecule has 0 atom stereocenters. The van der Waals surface area contributed by atoms with Crippen molar-refractivity contribution in [1.29, 1.82) is 0 Å². The van der Waals surface area contributed by atoms with E-state index in [0.717, 1.165) is 84.2 Å². The number of anilines is 3. The Bertz CT molecular complexity index is 3050. The average molecular weight is 770 g/mol. The van der Waals surface area contributed by atoms with Crippen LogP contribution in [-0.2, 0) is 5.41 Å². The van der Waals surface area contributed by atoms with E-state index < -0.39 is 0 Å². The molecule has 5 heteroatoms. The smallest absolute Gasteiger partial charge is 0.0973 e. The van der Waals surface area contributed by atoms with Gasteiger partial charge in [0.2, 0.25) is 0 Å². The Balaban J connectivity index is 1.05. The highest BCUT2D eigenvalue weighted by Gasteiger charge is 2.35. The van der Waals surface area contributed by atoms with Crippen molar-refractivity contribution in [3.05, 3.63) is 211 Å². The highest BCUT2D eigenvalue weighted by molar-refractivity contribution is 5.90. The fraction of sp³-hybridized carbons (Fsp3) is 0.0545. The summed E-state index contributed by atoms with van der Waals surface area (Å²) < 4.78 is 0. The second kappa shape index (κ2) is 14.3. The summed E-state index contributed by atoms with van der Waals surface area (Å²) in [4.78, 5) is 23.0. The van der Waals surface area contributed by atoms with E-state index in [1.807, 2.05) is 84.9 Å². The van der Waals surface area contributed by atoms with E-state index in [0.29, 0.717) is 0 Å². The SMILES string of the molecule is CC1(C)c2ccccc2-c2ccc(N(c3ccc(-c4nc5ccccc5nc4-c4ccccc4)cc3)c3ccc(-c4nc5ccccc5nc4-c4ccccc4)cc3)cc21. The first kappa shape index (κ1) is 35.4. The molecule has 284 valence electrons. The van der Waals surface area contributed by atoms with Gasteiger partial charge >= 0.3 is 0 Å². The lowest BCUT2D eigenvalue weighted by atomic mass is 9.82. The second-order valence-electron chi connectivity index (χ2n) is 15.9. The van der Waals surface area contributed by atoms with Gasteiger partial charge in [0.25, 0.3) is 0 Å². The van der Waals surface area contributed by atoms with Crippen LogP contribution in [0.5, 0.6) is 0 Å². The van der Waals surface area contributed by atoms with Crippen LogP contribution in [0.3, 0.4) is 0 Å². The fourth-order valence-electron chi connectivity index (χ4n) is 8.81. The second-order valence-corrected chi connectivity index (χ2v) is 15.9. The minimum Gasteiger partial charge on any atom is -0.310 e. The molecule has 0 amide bonds. The van der Waals surface area contributed by atoms with Crippen molar-refractivity contribution in [2.24, 2.45) is 0 Å². The first-order valence-electron chi connectivity index (χ1n) is 20.4. The van der Waals surface area contributed by atoms with Gasteiger partial charge < -0.3 is 4.90 Å². The van der Waals surface area contributed by atoms with Crippen molar-refractivity contribution >= 4 is 39.1 Å². The minimum absolute atomic E-state index is 0.146. The molecule has 2 heterocycles. The van der Waals surface area contributed by atoms with Crippen molar-refractivity contribution < 1.29 is 0 Å². The number of benzene rings is 8. The number of aromatic nitrogens is 4. The predicted molar refractivity (Wildman–Crippen MR) is 247 cm³/mol. The molecule has 0 bridgehead atoms. The maximum atomic E-state index is 5.19. The number of para-hydroxylation sites is 4. The van der Waals surface area contributed by atoms with Gasteiger partial charge in [-0.15, -0.1) is 0 Å². The molecule has 0 fully saturated rings. The van der Waals surface area contributed by atoms with Gasteiger partial charge in [-0.2, -0.15) is 0 Å². The van der Waals surface area contributed by atoms with Gasteiger partial charge in [-0.1, -0.05) is 153 Å². The standard InChI is InChI=1S/C55H39N5/c1-55(2)45-20-10-9-19-43(45)44-34-33-42(35-46(44)55)60(40-29-25-38(26-30-40)53-51(36-15-5-3-6-16-36)56-47-21-11-13-23-49(47)58-53)41-31-27-39(28-32-41)54-52(37-17-7-4-8-18-37)57-48-22-12-14-24-50(48)59-54/h3-35H,1-2H3. The third kappa shape index (κ3) is 6.02. The van der Waals surface area contributed by atoms with Crippen molar-refractivity contribution in [2.75, 3.05) is 4.90 Å². The Morgan fingerprint density at radius 1 is 0.317 bits per heavy atom. The Morgan fingerprint density at radius 2 is 0.667 bits per heavy atom. The Labute approximate surface area is 349 Å². The third-order valence-corrected chi connectivity index (χ3v) is 11.9. The predicted octanol–water partition coefficient (Wildman–Crippen LogP) is 14.0.